The lowest BCUT2D eigenvalue weighted by atomic mass is 9.86. The van der Waals surface area contributed by atoms with Crippen LogP contribution in [0.15, 0.2) is 52.3 Å². The van der Waals surface area contributed by atoms with Gasteiger partial charge in [-0.1, -0.05) is 44.9 Å². The summed E-state index contributed by atoms with van der Waals surface area (Å²) in [7, 11) is -3.59. The van der Waals surface area contributed by atoms with Crippen LogP contribution < -0.4 is 9.64 Å². The molecule has 0 radical (unpaired) electrons. The summed E-state index contributed by atoms with van der Waals surface area (Å²) >= 11 is 1.45. The summed E-state index contributed by atoms with van der Waals surface area (Å²) < 4.78 is 32.9. The fourth-order valence-corrected chi connectivity index (χ4v) is 6.78. The number of carboxylic acids is 1. The molecule has 0 saturated carbocycles. The molecule has 0 saturated heterocycles. The number of benzene rings is 2. The normalized spacial score (nSPS) is 19.8. The van der Waals surface area contributed by atoms with Crippen molar-refractivity contribution in [3.8, 4) is 5.75 Å². The molecule has 0 aliphatic carbocycles. The van der Waals surface area contributed by atoms with E-state index in [0.29, 0.717) is 18.0 Å². The molecule has 2 aromatic rings. The monoisotopic (exact) mass is 477 g/mol. The first-order valence-electron chi connectivity index (χ1n) is 10.8. The van der Waals surface area contributed by atoms with Gasteiger partial charge in [0.15, 0.2) is 9.84 Å². The van der Waals surface area contributed by atoms with E-state index in [-0.39, 0.29) is 23.7 Å². The molecular formula is C24H31NO5S2. The Morgan fingerprint density at radius 3 is 2.59 bits per heavy atom. The van der Waals surface area contributed by atoms with Gasteiger partial charge in [-0.2, -0.15) is 0 Å². The van der Waals surface area contributed by atoms with Gasteiger partial charge < -0.3 is 14.7 Å². The molecule has 1 N–H and O–H groups in total. The Hall–Kier alpha value is -2.19. The van der Waals surface area contributed by atoms with Gasteiger partial charge in [-0.3, -0.25) is 4.79 Å². The van der Waals surface area contributed by atoms with Crippen LogP contribution in [0.2, 0.25) is 0 Å². The Morgan fingerprint density at radius 1 is 1.25 bits per heavy atom. The fraction of sp³-hybridized carbons (Fsp3) is 0.458. The van der Waals surface area contributed by atoms with Crippen LogP contribution in [0, 0.1) is 5.41 Å². The molecule has 1 unspecified atom stereocenters. The van der Waals surface area contributed by atoms with E-state index in [9.17, 15) is 13.2 Å². The van der Waals surface area contributed by atoms with Crippen molar-refractivity contribution >= 4 is 38.9 Å². The van der Waals surface area contributed by atoms with Crippen LogP contribution in [0.4, 0.5) is 11.4 Å². The number of hydrogen-bond acceptors (Lipinski definition) is 6. The summed E-state index contributed by atoms with van der Waals surface area (Å²) in [5.41, 5.74) is 1.18. The molecule has 0 fully saturated rings. The van der Waals surface area contributed by atoms with Crippen molar-refractivity contribution in [1.29, 1.82) is 0 Å². The van der Waals surface area contributed by atoms with Crippen molar-refractivity contribution in [2.45, 2.75) is 49.3 Å². The second-order valence-electron chi connectivity index (χ2n) is 8.56. The molecule has 174 valence electrons. The van der Waals surface area contributed by atoms with Crippen molar-refractivity contribution in [2.24, 2.45) is 5.41 Å². The van der Waals surface area contributed by atoms with Crippen LogP contribution in [0.25, 0.3) is 0 Å². The molecular weight excluding hydrogens is 446 g/mol. The van der Waals surface area contributed by atoms with Crippen molar-refractivity contribution in [2.75, 3.05) is 30.1 Å². The summed E-state index contributed by atoms with van der Waals surface area (Å²) in [4.78, 5) is 14.0. The maximum atomic E-state index is 13.6. The second-order valence-corrected chi connectivity index (χ2v) is 11.4. The highest BCUT2D eigenvalue weighted by Gasteiger charge is 2.40. The molecule has 6 nitrogen and oxygen atoms in total. The first-order chi connectivity index (χ1) is 15.2. The van der Waals surface area contributed by atoms with E-state index in [1.54, 1.807) is 6.07 Å². The standard InChI is InChI=1S/C24H31NO5S2/c1-4-5-12-24(2)16-25(18-9-7-6-8-10-18)19-14-21(31-3)20(30-13-11-23(26)27)15-22(19)32(28,29)17-24/h6-10,14-15H,4-5,11-13,16-17H2,1-3H3,(H,26,27). The molecule has 0 spiro atoms. The van der Waals surface area contributed by atoms with Gasteiger partial charge in [0.2, 0.25) is 0 Å². The zero-order valence-electron chi connectivity index (χ0n) is 18.8. The highest BCUT2D eigenvalue weighted by Crippen LogP contribution is 2.46. The molecule has 8 heteroatoms. The van der Waals surface area contributed by atoms with Crippen molar-refractivity contribution in [3.63, 3.8) is 0 Å². The topological polar surface area (TPSA) is 83.9 Å². The first kappa shape index (κ1) is 24.5. The molecule has 0 aromatic heterocycles. The average molecular weight is 478 g/mol. The first-order valence-corrected chi connectivity index (χ1v) is 13.7. The van der Waals surface area contributed by atoms with Gasteiger partial charge in [0.25, 0.3) is 0 Å². The second kappa shape index (κ2) is 10.2. The molecule has 1 heterocycles. The summed E-state index contributed by atoms with van der Waals surface area (Å²) in [6.45, 7) is 4.75. The van der Waals surface area contributed by atoms with E-state index < -0.39 is 21.2 Å². The summed E-state index contributed by atoms with van der Waals surface area (Å²) in [6, 6.07) is 13.3. The van der Waals surface area contributed by atoms with Gasteiger partial charge in [0, 0.05) is 18.3 Å². The zero-order chi connectivity index (χ0) is 23.4. The van der Waals surface area contributed by atoms with Gasteiger partial charge in [0.1, 0.15) is 5.75 Å². The van der Waals surface area contributed by atoms with Crippen LogP contribution in [0.5, 0.6) is 5.75 Å². The smallest absolute Gasteiger partial charge is 0.306 e. The van der Waals surface area contributed by atoms with Crippen LogP contribution in [0.1, 0.15) is 39.5 Å². The van der Waals surface area contributed by atoms with E-state index in [4.69, 9.17) is 9.84 Å². The van der Waals surface area contributed by atoms with Gasteiger partial charge in [0.05, 0.1) is 34.3 Å². The number of hydrogen-bond donors (Lipinski definition) is 1. The molecule has 1 atom stereocenters. The van der Waals surface area contributed by atoms with E-state index in [0.717, 1.165) is 29.8 Å². The lowest BCUT2D eigenvalue weighted by molar-refractivity contribution is -0.137. The van der Waals surface area contributed by atoms with E-state index in [2.05, 4.69) is 18.7 Å². The van der Waals surface area contributed by atoms with Crippen LogP contribution in [0.3, 0.4) is 0 Å². The number of carbonyl (C=O) groups is 1. The van der Waals surface area contributed by atoms with Crippen molar-refractivity contribution in [3.05, 3.63) is 42.5 Å². The van der Waals surface area contributed by atoms with E-state index in [1.165, 1.54) is 11.8 Å². The number of unbranched alkanes of at least 4 members (excludes halogenated alkanes) is 1. The highest BCUT2D eigenvalue weighted by molar-refractivity contribution is 7.98. The number of para-hydroxylation sites is 1. The molecule has 0 bridgehead atoms. The quantitative estimate of drug-likeness (QED) is 0.485. The van der Waals surface area contributed by atoms with Crippen LogP contribution >= 0.6 is 11.8 Å². The maximum absolute atomic E-state index is 13.6. The number of thioether (sulfide) groups is 1. The number of ether oxygens (including phenoxy) is 1. The highest BCUT2D eigenvalue weighted by atomic mass is 32.2. The molecule has 2 aromatic carbocycles. The number of aliphatic carboxylic acids is 1. The third-order valence-electron chi connectivity index (χ3n) is 5.72. The average Bonchev–Trinajstić information content (AvgIpc) is 2.84. The maximum Gasteiger partial charge on any atom is 0.306 e. The van der Waals surface area contributed by atoms with E-state index >= 15 is 0 Å². The minimum Gasteiger partial charge on any atom is -0.492 e. The van der Waals surface area contributed by atoms with E-state index in [1.807, 2.05) is 42.7 Å². The molecule has 0 amide bonds. The lowest BCUT2D eigenvalue weighted by Crippen LogP contribution is -2.35. The Balaban J connectivity index is 2.15. The predicted octanol–water partition coefficient (Wildman–Crippen LogP) is 5.38. The minimum atomic E-state index is -3.59. The third-order valence-corrected chi connectivity index (χ3v) is 8.56. The van der Waals surface area contributed by atoms with Crippen molar-refractivity contribution in [1.82, 2.24) is 0 Å². The Morgan fingerprint density at radius 2 is 1.97 bits per heavy atom. The number of nitrogens with zero attached hydrogens (tertiary/aromatic N) is 1. The number of fused-ring (bicyclic) bond motifs is 1. The fourth-order valence-electron chi connectivity index (χ4n) is 4.15. The summed E-state index contributed by atoms with van der Waals surface area (Å²) in [5, 5.41) is 8.93. The van der Waals surface area contributed by atoms with Gasteiger partial charge in [-0.05, 0) is 36.3 Å². The van der Waals surface area contributed by atoms with Crippen LogP contribution in [-0.4, -0.2) is 44.7 Å². The summed E-state index contributed by atoms with van der Waals surface area (Å²) in [6.07, 6.45) is 4.53. The SMILES string of the molecule is CCCCC1(C)CN(c2ccccc2)c2cc(SC)c(OCCC(=O)O)cc2S(=O)(=O)C1. The largest absolute Gasteiger partial charge is 0.492 e. The number of anilines is 2. The van der Waals surface area contributed by atoms with Crippen molar-refractivity contribution < 1.29 is 23.1 Å². The number of carboxylic acid groups (broad SMARTS) is 1. The third kappa shape index (κ3) is 5.59. The molecule has 1 aliphatic rings. The Kier molecular flexibility index (Phi) is 7.77. The lowest BCUT2D eigenvalue weighted by Gasteiger charge is -2.34. The number of sulfone groups is 1. The Bertz CT molecular complexity index is 1060. The Labute approximate surface area is 194 Å². The van der Waals surface area contributed by atoms with Gasteiger partial charge >= 0.3 is 5.97 Å². The van der Waals surface area contributed by atoms with Crippen LogP contribution in [-0.2, 0) is 14.6 Å². The molecule has 3 rings (SSSR count). The number of rotatable bonds is 9. The minimum absolute atomic E-state index is 0.0155. The molecule has 1 aliphatic heterocycles. The van der Waals surface area contributed by atoms with Gasteiger partial charge in [-0.15, -0.1) is 11.8 Å². The predicted molar refractivity (Wildman–Crippen MR) is 129 cm³/mol. The zero-order valence-corrected chi connectivity index (χ0v) is 20.5. The molecule has 32 heavy (non-hydrogen) atoms. The summed E-state index contributed by atoms with van der Waals surface area (Å²) in [5.74, 6) is -0.491. The van der Waals surface area contributed by atoms with Gasteiger partial charge in [-0.25, -0.2) is 8.42 Å².